The Morgan fingerprint density at radius 3 is 2.50 bits per heavy atom. The normalized spacial score (nSPS) is 13.1. The Morgan fingerprint density at radius 1 is 1.29 bits per heavy atom. The maximum atomic E-state index is 3.81. The summed E-state index contributed by atoms with van der Waals surface area (Å²) >= 11 is 0. The Bertz CT molecular complexity index is 131. The topological polar surface area (TPSA) is 3.24 Å². The van der Waals surface area contributed by atoms with Crippen LogP contribution in [0.15, 0.2) is 12.7 Å². The van der Waals surface area contributed by atoms with Crippen LogP contribution in [0.5, 0.6) is 0 Å². The smallest absolute Gasteiger partial charge is 0.0160 e. The molecule has 0 aliphatic heterocycles. The number of nitrogens with zero attached hydrogens (tertiary/aromatic N) is 1. The van der Waals surface area contributed by atoms with Gasteiger partial charge in [0, 0.05) is 6.54 Å². The molecule has 84 valence electrons. The van der Waals surface area contributed by atoms with E-state index in [1.165, 1.54) is 38.8 Å². The summed E-state index contributed by atoms with van der Waals surface area (Å²) in [7, 11) is 0. The summed E-state index contributed by atoms with van der Waals surface area (Å²) in [6, 6.07) is 0. The molecule has 0 fully saturated rings. The molecule has 1 heteroatoms. The van der Waals surface area contributed by atoms with Gasteiger partial charge in [-0.05, 0) is 31.8 Å². The summed E-state index contributed by atoms with van der Waals surface area (Å²) in [6.07, 6.45) is 7.25. The number of rotatable bonds is 9. The van der Waals surface area contributed by atoms with Crippen molar-refractivity contribution in [3.05, 3.63) is 12.7 Å². The van der Waals surface area contributed by atoms with Crippen LogP contribution in [-0.2, 0) is 0 Å². The lowest BCUT2D eigenvalue weighted by Crippen LogP contribution is -2.27. The van der Waals surface area contributed by atoms with Crippen molar-refractivity contribution in [2.24, 2.45) is 5.92 Å². The van der Waals surface area contributed by atoms with Gasteiger partial charge in [-0.15, -0.1) is 6.58 Å². The van der Waals surface area contributed by atoms with Crippen molar-refractivity contribution >= 4 is 0 Å². The van der Waals surface area contributed by atoms with Gasteiger partial charge < -0.3 is 0 Å². The van der Waals surface area contributed by atoms with E-state index in [1.54, 1.807) is 0 Å². The molecule has 1 unspecified atom stereocenters. The van der Waals surface area contributed by atoms with Crippen LogP contribution >= 0.6 is 0 Å². The van der Waals surface area contributed by atoms with Crippen LogP contribution in [0.1, 0.15) is 46.5 Å². The highest BCUT2D eigenvalue weighted by Gasteiger charge is 2.04. The molecule has 0 aromatic rings. The molecule has 0 spiro atoms. The van der Waals surface area contributed by atoms with Crippen LogP contribution < -0.4 is 0 Å². The SMILES string of the molecule is C=CCN(CCCC)CCC(C)CC. The van der Waals surface area contributed by atoms with Crippen molar-refractivity contribution in [3.63, 3.8) is 0 Å². The standard InChI is InChI=1S/C13H27N/c1-5-8-11-14(10-6-2)12-9-13(4)7-3/h6,13H,2,5,7-12H2,1,3-4H3. The van der Waals surface area contributed by atoms with Crippen LogP contribution in [-0.4, -0.2) is 24.5 Å². The monoisotopic (exact) mass is 197 g/mol. The first-order chi connectivity index (χ1) is 6.74. The van der Waals surface area contributed by atoms with Gasteiger partial charge in [0.25, 0.3) is 0 Å². The van der Waals surface area contributed by atoms with E-state index in [1.807, 2.05) is 6.08 Å². The van der Waals surface area contributed by atoms with Crippen molar-refractivity contribution in [1.82, 2.24) is 4.90 Å². The van der Waals surface area contributed by atoms with Crippen molar-refractivity contribution < 1.29 is 0 Å². The second-order valence-corrected chi connectivity index (χ2v) is 4.24. The Hall–Kier alpha value is -0.300. The number of unbranched alkanes of at least 4 members (excludes halogenated alkanes) is 1. The minimum Gasteiger partial charge on any atom is -0.300 e. The second-order valence-electron chi connectivity index (χ2n) is 4.24. The average Bonchev–Trinajstić information content (AvgIpc) is 2.21. The Balaban J connectivity index is 3.65. The fourth-order valence-corrected chi connectivity index (χ4v) is 1.47. The summed E-state index contributed by atoms with van der Waals surface area (Å²) in [5.74, 6) is 0.865. The van der Waals surface area contributed by atoms with Crippen LogP contribution in [0.4, 0.5) is 0 Å². The van der Waals surface area contributed by atoms with Gasteiger partial charge in [0.05, 0.1) is 0 Å². The van der Waals surface area contributed by atoms with Gasteiger partial charge >= 0.3 is 0 Å². The lowest BCUT2D eigenvalue weighted by Gasteiger charge is -2.21. The Morgan fingerprint density at radius 2 is 2.00 bits per heavy atom. The molecule has 0 aromatic heterocycles. The van der Waals surface area contributed by atoms with Crippen LogP contribution in [0.2, 0.25) is 0 Å². The molecule has 0 aliphatic carbocycles. The van der Waals surface area contributed by atoms with Crippen molar-refractivity contribution in [2.45, 2.75) is 46.5 Å². The molecule has 0 bridgehead atoms. The largest absolute Gasteiger partial charge is 0.300 e. The first-order valence-electron chi connectivity index (χ1n) is 6.07. The molecule has 1 nitrogen and oxygen atoms in total. The molecule has 0 saturated heterocycles. The summed E-state index contributed by atoms with van der Waals surface area (Å²) in [4.78, 5) is 2.52. The van der Waals surface area contributed by atoms with Gasteiger partial charge in [-0.25, -0.2) is 0 Å². The van der Waals surface area contributed by atoms with Crippen molar-refractivity contribution in [2.75, 3.05) is 19.6 Å². The summed E-state index contributed by atoms with van der Waals surface area (Å²) in [6.45, 7) is 14.2. The predicted molar refractivity (Wildman–Crippen MR) is 65.6 cm³/mol. The molecule has 0 rings (SSSR count). The minimum absolute atomic E-state index is 0.865. The molecule has 0 saturated carbocycles. The molecule has 0 radical (unpaired) electrons. The van der Waals surface area contributed by atoms with E-state index in [4.69, 9.17) is 0 Å². The highest BCUT2D eigenvalue weighted by Crippen LogP contribution is 2.08. The number of hydrogen-bond acceptors (Lipinski definition) is 1. The maximum absolute atomic E-state index is 3.81. The van der Waals surface area contributed by atoms with Gasteiger partial charge in [0.2, 0.25) is 0 Å². The van der Waals surface area contributed by atoms with Gasteiger partial charge in [-0.1, -0.05) is 39.7 Å². The third kappa shape index (κ3) is 7.14. The van der Waals surface area contributed by atoms with Gasteiger partial charge in [-0.2, -0.15) is 0 Å². The minimum atomic E-state index is 0.865. The highest BCUT2D eigenvalue weighted by molar-refractivity contribution is 4.73. The lowest BCUT2D eigenvalue weighted by atomic mass is 10.1. The summed E-state index contributed by atoms with van der Waals surface area (Å²) in [5.41, 5.74) is 0. The average molecular weight is 197 g/mol. The molecule has 0 aliphatic rings. The first kappa shape index (κ1) is 13.7. The maximum Gasteiger partial charge on any atom is 0.0160 e. The van der Waals surface area contributed by atoms with Gasteiger partial charge in [0.15, 0.2) is 0 Å². The molecular formula is C13H27N. The summed E-state index contributed by atoms with van der Waals surface area (Å²) < 4.78 is 0. The van der Waals surface area contributed by atoms with Gasteiger partial charge in [0.1, 0.15) is 0 Å². The zero-order valence-electron chi connectivity index (χ0n) is 10.3. The van der Waals surface area contributed by atoms with E-state index in [-0.39, 0.29) is 0 Å². The third-order valence-corrected chi connectivity index (χ3v) is 2.85. The van der Waals surface area contributed by atoms with E-state index in [2.05, 4.69) is 32.3 Å². The van der Waals surface area contributed by atoms with E-state index in [0.717, 1.165) is 12.5 Å². The number of hydrogen-bond donors (Lipinski definition) is 0. The lowest BCUT2D eigenvalue weighted by molar-refractivity contribution is 0.273. The van der Waals surface area contributed by atoms with Crippen molar-refractivity contribution in [1.29, 1.82) is 0 Å². The van der Waals surface area contributed by atoms with E-state index >= 15 is 0 Å². The quantitative estimate of drug-likeness (QED) is 0.509. The fourth-order valence-electron chi connectivity index (χ4n) is 1.47. The zero-order valence-corrected chi connectivity index (χ0v) is 10.3. The molecule has 0 amide bonds. The third-order valence-electron chi connectivity index (χ3n) is 2.85. The van der Waals surface area contributed by atoms with Crippen molar-refractivity contribution in [3.8, 4) is 0 Å². The predicted octanol–water partition coefficient (Wildman–Crippen LogP) is 3.71. The molecule has 0 aromatic carbocycles. The fraction of sp³-hybridized carbons (Fsp3) is 0.846. The summed E-state index contributed by atoms with van der Waals surface area (Å²) in [5, 5.41) is 0. The van der Waals surface area contributed by atoms with Crippen LogP contribution in [0.25, 0.3) is 0 Å². The van der Waals surface area contributed by atoms with Gasteiger partial charge in [-0.3, -0.25) is 4.90 Å². The van der Waals surface area contributed by atoms with Crippen LogP contribution in [0, 0.1) is 5.92 Å². The zero-order chi connectivity index (χ0) is 10.8. The molecular weight excluding hydrogens is 170 g/mol. The Kier molecular flexibility index (Phi) is 9.06. The molecule has 0 heterocycles. The van der Waals surface area contributed by atoms with E-state index in [0.29, 0.717) is 0 Å². The first-order valence-corrected chi connectivity index (χ1v) is 6.07. The molecule has 0 N–H and O–H groups in total. The van der Waals surface area contributed by atoms with E-state index < -0.39 is 0 Å². The van der Waals surface area contributed by atoms with E-state index in [9.17, 15) is 0 Å². The molecule has 1 atom stereocenters. The highest BCUT2D eigenvalue weighted by atomic mass is 15.1. The Labute approximate surface area is 90.2 Å². The molecule has 14 heavy (non-hydrogen) atoms. The second kappa shape index (κ2) is 9.26. The van der Waals surface area contributed by atoms with Crippen LogP contribution in [0.3, 0.4) is 0 Å².